The number of hydrogen-bond acceptors (Lipinski definition) is 0. The first-order valence-electron chi connectivity index (χ1n) is 9.75. The van der Waals surface area contributed by atoms with Crippen LogP contribution in [-0.2, 0) is 0 Å². The zero-order valence-corrected chi connectivity index (χ0v) is 18.4. The normalized spacial score (nSPS) is 10.2. The minimum absolute atomic E-state index is 0.171. The molecule has 26 heavy (non-hydrogen) atoms. The maximum atomic E-state index is 2.32. The van der Waals surface area contributed by atoms with Gasteiger partial charge in [0.05, 0.1) is 0 Å². The Kier molecular flexibility index (Phi) is 9.73. The van der Waals surface area contributed by atoms with Crippen molar-refractivity contribution in [3.05, 3.63) is 91.0 Å². The Morgan fingerprint density at radius 3 is 0.962 bits per heavy atom. The third kappa shape index (κ3) is 6.41. The van der Waals surface area contributed by atoms with Gasteiger partial charge in [-0.1, -0.05) is 128 Å². The monoisotopic (exact) mass is 376 g/mol. The van der Waals surface area contributed by atoms with Gasteiger partial charge in [-0.25, -0.2) is 0 Å². The molecule has 3 rings (SSSR count). The Bertz CT molecular complexity index is 610. The van der Waals surface area contributed by atoms with Crippen molar-refractivity contribution >= 4 is 38.0 Å². The summed E-state index contributed by atoms with van der Waals surface area (Å²) in [5.74, 6) is 0. The van der Waals surface area contributed by atoms with Gasteiger partial charge in [-0.15, -0.1) is 0 Å². The molecule has 2 heteroatoms. The van der Waals surface area contributed by atoms with Crippen LogP contribution in [0.15, 0.2) is 91.0 Å². The molecular formula is C24H30AlP. The molecule has 0 saturated heterocycles. The largest absolute Gasteiger partial charge is 0.261 e. The molecule has 0 aliphatic carbocycles. The lowest BCUT2D eigenvalue weighted by molar-refractivity contribution is 1.24. The molecule has 0 N–H and O–H groups in total. The van der Waals surface area contributed by atoms with Gasteiger partial charge in [-0.3, -0.25) is 0 Å². The third-order valence-electron chi connectivity index (χ3n) is 4.78. The molecule has 0 bridgehead atoms. The zero-order valence-electron chi connectivity index (χ0n) is 16.3. The molecule has 0 atom stereocenters. The molecule has 134 valence electrons. The molecule has 0 amide bonds. The summed E-state index contributed by atoms with van der Waals surface area (Å²) in [5, 5.41) is 8.67. The van der Waals surface area contributed by atoms with E-state index in [9.17, 15) is 0 Å². The second kappa shape index (κ2) is 12.1. The van der Waals surface area contributed by atoms with Gasteiger partial charge >= 0.3 is 0 Å². The van der Waals surface area contributed by atoms with E-state index in [0.29, 0.717) is 0 Å². The minimum Gasteiger partial charge on any atom is -0.0967 e. The van der Waals surface area contributed by atoms with Crippen molar-refractivity contribution in [3.8, 4) is 0 Å². The lowest BCUT2D eigenvalue weighted by Gasteiger charge is -2.18. The molecule has 0 spiro atoms. The lowest BCUT2D eigenvalue weighted by atomic mass is 10.4. The molecule has 3 aromatic rings. The highest BCUT2D eigenvalue weighted by Crippen LogP contribution is 2.32. The van der Waals surface area contributed by atoms with E-state index in [0.717, 1.165) is 0 Å². The standard InChI is InChI=1S/C18H15P.3C2H5.Al/c1-4-10-16(11-5-1)19(17-12-6-2-7-13-17)18-14-8-3-9-15-18;3*1-2;/h1-15H;3*1H2,2H3;. The van der Waals surface area contributed by atoms with Crippen molar-refractivity contribution in [2.45, 2.75) is 36.6 Å². The summed E-state index contributed by atoms with van der Waals surface area (Å²) in [7, 11) is -0.446. The number of rotatable bonds is 6. The molecule has 3 aromatic carbocycles. The van der Waals surface area contributed by atoms with E-state index in [1.54, 1.807) is 0 Å². The zero-order chi connectivity index (χ0) is 18.6. The first-order valence-corrected chi connectivity index (χ1v) is 13.5. The molecule has 0 aliphatic rings. The van der Waals surface area contributed by atoms with Gasteiger partial charge in [0.15, 0.2) is 0 Å². The molecule has 0 unspecified atom stereocenters. The second-order valence-electron chi connectivity index (χ2n) is 6.43. The van der Waals surface area contributed by atoms with Gasteiger partial charge in [0.1, 0.15) is 0 Å². The van der Waals surface area contributed by atoms with Crippen LogP contribution in [0.2, 0.25) is 15.8 Å². The molecule has 0 nitrogen and oxygen atoms in total. The fourth-order valence-electron chi connectivity index (χ4n) is 3.04. The Morgan fingerprint density at radius 1 is 0.500 bits per heavy atom. The Morgan fingerprint density at radius 2 is 0.769 bits per heavy atom. The van der Waals surface area contributed by atoms with Crippen molar-refractivity contribution < 1.29 is 0 Å². The van der Waals surface area contributed by atoms with E-state index in [1.165, 1.54) is 31.8 Å². The van der Waals surface area contributed by atoms with E-state index in [4.69, 9.17) is 0 Å². The number of benzene rings is 3. The van der Waals surface area contributed by atoms with E-state index in [1.807, 2.05) is 0 Å². The fraction of sp³-hybridized carbons (Fsp3) is 0.250. The van der Waals surface area contributed by atoms with Crippen molar-refractivity contribution in [3.63, 3.8) is 0 Å². The van der Waals surface area contributed by atoms with Crippen LogP contribution in [0.1, 0.15) is 20.8 Å². The van der Waals surface area contributed by atoms with Crippen molar-refractivity contribution in [1.29, 1.82) is 0 Å². The predicted molar refractivity (Wildman–Crippen MR) is 122 cm³/mol. The second-order valence-corrected chi connectivity index (χ2v) is 12.8. The highest BCUT2D eigenvalue weighted by molar-refractivity contribution is 7.79. The average molecular weight is 376 g/mol. The molecule has 0 saturated carbocycles. The Labute approximate surface area is 165 Å². The van der Waals surface area contributed by atoms with Crippen LogP contribution in [0.3, 0.4) is 0 Å². The Balaban J connectivity index is 0.000000298. The Hall–Kier alpha value is -1.38. The highest BCUT2D eigenvalue weighted by atomic mass is 31.1. The lowest BCUT2D eigenvalue weighted by Crippen LogP contribution is -2.20. The van der Waals surface area contributed by atoms with Crippen LogP contribution in [-0.4, -0.2) is 14.1 Å². The van der Waals surface area contributed by atoms with Crippen LogP contribution < -0.4 is 15.9 Å². The molecular weight excluding hydrogens is 346 g/mol. The van der Waals surface area contributed by atoms with Crippen molar-refractivity contribution in [2.24, 2.45) is 0 Å². The van der Waals surface area contributed by atoms with Crippen molar-refractivity contribution in [2.75, 3.05) is 0 Å². The van der Waals surface area contributed by atoms with Crippen LogP contribution >= 0.6 is 7.92 Å². The van der Waals surface area contributed by atoms with Crippen LogP contribution in [0.5, 0.6) is 0 Å². The van der Waals surface area contributed by atoms with Gasteiger partial charge in [0.25, 0.3) is 14.1 Å². The summed E-state index contributed by atoms with van der Waals surface area (Å²) in [6.07, 6.45) is 0. The van der Waals surface area contributed by atoms with Gasteiger partial charge in [0.2, 0.25) is 0 Å². The van der Waals surface area contributed by atoms with Gasteiger partial charge in [0, 0.05) is 0 Å². The molecule has 0 heterocycles. The average Bonchev–Trinajstić information content (AvgIpc) is 2.72. The quantitative estimate of drug-likeness (QED) is 0.366. The van der Waals surface area contributed by atoms with E-state index >= 15 is 0 Å². The first-order chi connectivity index (χ1) is 12.8. The van der Waals surface area contributed by atoms with Gasteiger partial charge in [-0.05, 0) is 23.8 Å². The van der Waals surface area contributed by atoms with Crippen LogP contribution in [0, 0.1) is 0 Å². The van der Waals surface area contributed by atoms with Gasteiger partial charge in [-0.2, -0.15) is 0 Å². The van der Waals surface area contributed by atoms with Gasteiger partial charge < -0.3 is 0 Å². The molecule has 0 aliphatic heterocycles. The summed E-state index contributed by atoms with van der Waals surface area (Å²) in [6.45, 7) is 6.97. The maximum Gasteiger partial charge on any atom is 0.261 e. The molecule has 0 radical (unpaired) electrons. The highest BCUT2D eigenvalue weighted by Gasteiger charge is 2.14. The van der Waals surface area contributed by atoms with E-state index in [-0.39, 0.29) is 14.1 Å². The van der Waals surface area contributed by atoms with Crippen LogP contribution in [0.25, 0.3) is 0 Å². The predicted octanol–water partition coefficient (Wildman–Crippen LogP) is 5.99. The fourth-order valence-corrected chi connectivity index (χ4v) is 7.08. The summed E-state index contributed by atoms with van der Waals surface area (Å²) >= 11 is -0.171. The minimum atomic E-state index is -0.446. The van der Waals surface area contributed by atoms with E-state index in [2.05, 4.69) is 112 Å². The maximum absolute atomic E-state index is 2.32. The summed E-state index contributed by atoms with van der Waals surface area (Å²) in [4.78, 5) is 0. The van der Waals surface area contributed by atoms with Crippen molar-refractivity contribution in [1.82, 2.24) is 0 Å². The summed E-state index contributed by atoms with van der Waals surface area (Å²) in [5.41, 5.74) is 0. The molecule has 0 fully saturated rings. The summed E-state index contributed by atoms with van der Waals surface area (Å²) < 4.78 is 0. The first kappa shape index (κ1) is 20.9. The molecule has 0 aromatic heterocycles. The smallest absolute Gasteiger partial charge is 0.0967 e. The number of hydrogen-bond donors (Lipinski definition) is 0. The SMILES string of the molecule is C[CH2][Al]([CH2]C)[CH2]C.c1ccc(P(c2ccccc2)c2ccccc2)cc1. The van der Waals surface area contributed by atoms with Crippen LogP contribution in [0.4, 0.5) is 0 Å². The topological polar surface area (TPSA) is 0 Å². The third-order valence-corrected chi connectivity index (χ3v) is 10.7. The summed E-state index contributed by atoms with van der Waals surface area (Å²) in [6, 6.07) is 32.3. The van der Waals surface area contributed by atoms with E-state index < -0.39 is 7.92 Å².